The molecule has 2 heterocycles. The number of hydrogen-bond acceptors (Lipinski definition) is 5. The summed E-state index contributed by atoms with van der Waals surface area (Å²) in [7, 11) is 1.62. The first-order valence-electron chi connectivity index (χ1n) is 11.1. The number of benzene rings is 2. The van der Waals surface area contributed by atoms with Gasteiger partial charge in [0.1, 0.15) is 24.2 Å². The van der Waals surface area contributed by atoms with E-state index in [0.717, 1.165) is 43.0 Å². The third-order valence-electron chi connectivity index (χ3n) is 5.96. The molecule has 7 heteroatoms. The van der Waals surface area contributed by atoms with Crippen molar-refractivity contribution in [2.75, 3.05) is 33.4 Å². The highest BCUT2D eigenvalue weighted by Gasteiger charge is 2.16. The van der Waals surface area contributed by atoms with E-state index in [-0.39, 0.29) is 6.61 Å². The standard InChI is InChI=1S/C24H32N4O3/c1-30-20-9-11-21(12-10-20)31-18-19(29)17-28-23-8-4-3-7-22(23)27(24(28)25)16-15-26-13-5-2-6-14-26/h3-4,7-12,19,25,29H,2,5-6,13-18H2,1H3/t19-/m0/s1. The monoisotopic (exact) mass is 424 g/mol. The Morgan fingerprint density at radius 3 is 2.23 bits per heavy atom. The minimum atomic E-state index is -0.724. The number of nitrogens with zero attached hydrogens (tertiary/aromatic N) is 3. The average molecular weight is 425 g/mol. The molecular weight excluding hydrogens is 392 g/mol. The minimum Gasteiger partial charge on any atom is -0.497 e. The molecule has 166 valence electrons. The Hall–Kier alpha value is -2.77. The molecule has 2 N–H and O–H groups in total. The van der Waals surface area contributed by atoms with Crippen LogP contribution in [0.1, 0.15) is 19.3 Å². The van der Waals surface area contributed by atoms with Crippen molar-refractivity contribution < 1.29 is 14.6 Å². The van der Waals surface area contributed by atoms with Crippen molar-refractivity contribution in [1.29, 1.82) is 5.41 Å². The molecule has 0 saturated carbocycles. The van der Waals surface area contributed by atoms with Gasteiger partial charge in [-0.1, -0.05) is 18.6 Å². The van der Waals surface area contributed by atoms with Gasteiger partial charge in [0.15, 0.2) is 0 Å². The number of ether oxygens (including phenoxy) is 2. The van der Waals surface area contributed by atoms with E-state index < -0.39 is 6.10 Å². The number of piperidine rings is 1. The Bertz CT molecular complexity index is 1040. The second kappa shape index (κ2) is 10.0. The first-order chi connectivity index (χ1) is 15.2. The maximum Gasteiger partial charge on any atom is 0.203 e. The Labute approximate surface area is 182 Å². The molecule has 1 atom stereocenters. The maximum atomic E-state index is 10.6. The first kappa shape index (κ1) is 21.5. The van der Waals surface area contributed by atoms with Gasteiger partial charge in [0.25, 0.3) is 0 Å². The predicted octanol–water partition coefficient (Wildman–Crippen LogP) is 2.86. The van der Waals surface area contributed by atoms with Crippen LogP contribution in [0.15, 0.2) is 48.5 Å². The van der Waals surface area contributed by atoms with Crippen LogP contribution >= 0.6 is 0 Å². The molecule has 0 unspecified atom stereocenters. The Kier molecular flexibility index (Phi) is 6.94. The van der Waals surface area contributed by atoms with E-state index in [1.54, 1.807) is 7.11 Å². The number of aliphatic hydroxyl groups excluding tert-OH is 1. The number of aliphatic hydroxyl groups is 1. The van der Waals surface area contributed by atoms with Crippen molar-refractivity contribution >= 4 is 11.0 Å². The van der Waals surface area contributed by atoms with Crippen LogP contribution in [0.5, 0.6) is 11.5 Å². The molecule has 0 radical (unpaired) electrons. The molecule has 1 aliphatic rings. The van der Waals surface area contributed by atoms with E-state index in [1.807, 2.05) is 47.0 Å². The number of hydrogen-bond donors (Lipinski definition) is 2. The van der Waals surface area contributed by atoms with Crippen molar-refractivity contribution in [3.05, 3.63) is 54.1 Å². The first-order valence-corrected chi connectivity index (χ1v) is 11.1. The van der Waals surface area contributed by atoms with E-state index in [9.17, 15) is 5.11 Å². The van der Waals surface area contributed by atoms with Gasteiger partial charge in [-0.3, -0.25) is 5.41 Å². The van der Waals surface area contributed by atoms with E-state index >= 15 is 0 Å². The normalized spacial score (nSPS) is 15.8. The predicted molar refractivity (Wildman–Crippen MR) is 121 cm³/mol. The van der Waals surface area contributed by atoms with Crippen LogP contribution in [0.2, 0.25) is 0 Å². The van der Waals surface area contributed by atoms with Gasteiger partial charge in [0, 0.05) is 13.1 Å². The van der Waals surface area contributed by atoms with Crippen LogP contribution in [-0.2, 0) is 13.1 Å². The minimum absolute atomic E-state index is 0.159. The average Bonchev–Trinajstić information content (AvgIpc) is 3.08. The fraction of sp³-hybridized carbons (Fsp3) is 0.458. The van der Waals surface area contributed by atoms with Gasteiger partial charge in [-0.15, -0.1) is 0 Å². The highest BCUT2D eigenvalue weighted by Crippen LogP contribution is 2.18. The van der Waals surface area contributed by atoms with Crippen LogP contribution in [0.25, 0.3) is 11.0 Å². The zero-order valence-electron chi connectivity index (χ0n) is 18.2. The lowest BCUT2D eigenvalue weighted by molar-refractivity contribution is 0.0920. The molecule has 4 rings (SSSR count). The number of imidazole rings is 1. The summed E-state index contributed by atoms with van der Waals surface area (Å²) in [5.74, 6) is 1.44. The summed E-state index contributed by atoms with van der Waals surface area (Å²) in [6.45, 7) is 4.50. The highest BCUT2D eigenvalue weighted by atomic mass is 16.5. The third kappa shape index (κ3) is 5.11. The fourth-order valence-corrected chi connectivity index (χ4v) is 4.26. The maximum absolute atomic E-state index is 10.6. The number of aromatic nitrogens is 2. The van der Waals surface area contributed by atoms with E-state index in [0.29, 0.717) is 17.9 Å². The molecule has 31 heavy (non-hydrogen) atoms. The quantitative estimate of drug-likeness (QED) is 0.554. The van der Waals surface area contributed by atoms with Gasteiger partial charge in [0.2, 0.25) is 5.62 Å². The van der Waals surface area contributed by atoms with E-state index in [4.69, 9.17) is 14.9 Å². The summed E-state index contributed by atoms with van der Waals surface area (Å²) in [5.41, 5.74) is 2.42. The van der Waals surface area contributed by atoms with Gasteiger partial charge in [-0.25, -0.2) is 0 Å². The van der Waals surface area contributed by atoms with Crippen molar-refractivity contribution in [3.8, 4) is 11.5 Å². The highest BCUT2D eigenvalue weighted by molar-refractivity contribution is 5.75. The zero-order chi connectivity index (χ0) is 21.6. The number of para-hydroxylation sites is 2. The molecule has 3 aromatic rings. The summed E-state index contributed by atoms with van der Waals surface area (Å²) in [6.07, 6.45) is 3.13. The van der Waals surface area contributed by atoms with Crippen molar-refractivity contribution in [2.45, 2.75) is 38.5 Å². The smallest absolute Gasteiger partial charge is 0.203 e. The van der Waals surface area contributed by atoms with Crippen LogP contribution in [0, 0.1) is 5.41 Å². The van der Waals surface area contributed by atoms with Crippen molar-refractivity contribution in [3.63, 3.8) is 0 Å². The van der Waals surface area contributed by atoms with E-state index in [2.05, 4.69) is 15.5 Å². The second-order valence-corrected chi connectivity index (χ2v) is 8.12. The van der Waals surface area contributed by atoms with Gasteiger partial charge >= 0.3 is 0 Å². The van der Waals surface area contributed by atoms with Crippen LogP contribution < -0.4 is 15.1 Å². The third-order valence-corrected chi connectivity index (χ3v) is 5.96. The summed E-state index contributed by atoms with van der Waals surface area (Å²) in [4.78, 5) is 2.49. The van der Waals surface area contributed by atoms with Gasteiger partial charge < -0.3 is 28.6 Å². The molecule has 0 bridgehead atoms. The number of likely N-dealkylation sites (tertiary alicyclic amines) is 1. The Balaban J connectivity index is 1.45. The summed E-state index contributed by atoms with van der Waals surface area (Å²) >= 11 is 0. The van der Waals surface area contributed by atoms with Crippen molar-refractivity contribution in [2.24, 2.45) is 0 Å². The largest absolute Gasteiger partial charge is 0.497 e. The lowest BCUT2D eigenvalue weighted by atomic mass is 10.1. The zero-order valence-corrected chi connectivity index (χ0v) is 18.2. The number of nitrogens with one attached hydrogen (secondary N) is 1. The lowest BCUT2D eigenvalue weighted by Gasteiger charge is -2.26. The number of methoxy groups -OCH3 is 1. The topological polar surface area (TPSA) is 75.6 Å². The molecule has 7 nitrogen and oxygen atoms in total. The Morgan fingerprint density at radius 2 is 1.55 bits per heavy atom. The molecule has 1 saturated heterocycles. The molecular formula is C24H32N4O3. The van der Waals surface area contributed by atoms with E-state index in [1.165, 1.54) is 19.3 Å². The fourth-order valence-electron chi connectivity index (χ4n) is 4.26. The molecule has 0 spiro atoms. The van der Waals surface area contributed by atoms with Crippen molar-refractivity contribution in [1.82, 2.24) is 14.0 Å². The molecule has 0 aliphatic carbocycles. The molecule has 1 aliphatic heterocycles. The molecule has 1 fully saturated rings. The summed E-state index contributed by atoms with van der Waals surface area (Å²) in [6, 6.07) is 15.4. The summed E-state index contributed by atoms with van der Waals surface area (Å²) in [5, 5.41) is 19.4. The molecule has 0 amide bonds. The number of fused-ring (bicyclic) bond motifs is 1. The summed E-state index contributed by atoms with van der Waals surface area (Å²) < 4.78 is 14.8. The SMILES string of the molecule is COc1ccc(OC[C@@H](O)Cn2c(=N)n(CCN3CCCCC3)c3ccccc32)cc1. The Morgan fingerprint density at radius 1 is 0.903 bits per heavy atom. The van der Waals surface area contributed by atoms with Gasteiger partial charge in [0.05, 0.1) is 24.7 Å². The second-order valence-electron chi connectivity index (χ2n) is 8.12. The molecule has 1 aromatic heterocycles. The lowest BCUT2D eigenvalue weighted by Crippen LogP contribution is -2.36. The van der Waals surface area contributed by atoms with Crippen LogP contribution in [0.3, 0.4) is 0 Å². The number of rotatable bonds is 9. The van der Waals surface area contributed by atoms with Crippen LogP contribution in [-0.4, -0.2) is 58.6 Å². The molecule has 2 aromatic carbocycles. The van der Waals surface area contributed by atoms with Gasteiger partial charge in [-0.2, -0.15) is 0 Å². The van der Waals surface area contributed by atoms with Crippen LogP contribution in [0.4, 0.5) is 0 Å². The van der Waals surface area contributed by atoms with Gasteiger partial charge in [-0.05, 0) is 62.3 Å².